The van der Waals surface area contributed by atoms with Crippen LogP contribution in [0.5, 0.6) is 0 Å². The highest BCUT2D eigenvalue weighted by atomic mass is 16.4. The Morgan fingerprint density at radius 3 is 2.50 bits per heavy atom. The molecule has 1 heterocycles. The lowest BCUT2D eigenvalue weighted by molar-refractivity contribution is -0.132. The number of carboxylic acids is 1. The third-order valence-corrected chi connectivity index (χ3v) is 4.87. The minimum atomic E-state index is -0.896. The van der Waals surface area contributed by atoms with Crippen molar-refractivity contribution in [2.24, 2.45) is 5.92 Å². The van der Waals surface area contributed by atoms with Crippen molar-refractivity contribution >= 4 is 11.9 Å². The maximum Gasteiger partial charge on any atom is 0.335 e. The van der Waals surface area contributed by atoms with E-state index in [4.69, 9.17) is 5.11 Å². The van der Waals surface area contributed by atoms with Crippen molar-refractivity contribution < 1.29 is 14.7 Å². The molecule has 0 bridgehead atoms. The minimum absolute atomic E-state index is 0.291. The summed E-state index contributed by atoms with van der Waals surface area (Å²) in [6.45, 7) is 1.64. The summed E-state index contributed by atoms with van der Waals surface area (Å²) in [7, 11) is 0. The first-order valence-electron chi connectivity index (χ1n) is 8.24. The Morgan fingerprint density at radius 2 is 1.86 bits per heavy atom. The van der Waals surface area contributed by atoms with Crippen LogP contribution in [0.1, 0.15) is 60.4 Å². The van der Waals surface area contributed by atoms with E-state index in [9.17, 15) is 9.59 Å². The Labute approximate surface area is 131 Å². The van der Waals surface area contributed by atoms with E-state index in [2.05, 4.69) is 0 Å². The Bertz CT molecular complexity index is 548. The molecule has 4 nitrogen and oxygen atoms in total. The average Bonchev–Trinajstić information content (AvgIpc) is 3.37. The number of aromatic carboxylic acids is 1. The second-order valence-electron chi connectivity index (χ2n) is 6.59. The van der Waals surface area contributed by atoms with Crippen LogP contribution in [0.15, 0.2) is 24.3 Å². The molecule has 3 rings (SSSR count). The number of rotatable bonds is 5. The number of carboxylic acid groups (broad SMARTS) is 1. The molecule has 1 aromatic rings. The summed E-state index contributed by atoms with van der Waals surface area (Å²) in [5, 5.41) is 8.96. The molecule has 1 aliphatic heterocycles. The Morgan fingerprint density at radius 1 is 1.14 bits per heavy atom. The fourth-order valence-electron chi connectivity index (χ4n) is 3.27. The summed E-state index contributed by atoms with van der Waals surface area (Å²) in [6.07, 6.45) is 6.43. The summed E-state index contributed by atoms with van der Waals surface area (Å²) in [5.41, 5.74) is 1.46. The molecule has 1 saturated heterocycles. The second kappa shape index (κ2) is 6.51. The maximum atomic E-state index is 12.3. The van der Waals surface area contributed by atoms with Crippen molar-refractivity contribution in [3.05, 3.63) is 35.4 Å². The molecule has 2 aliphatic rings. The molecule has 1 aliphatic carbocycles. The molecule has 1 aromatic carbocycles. The molecule has 0 spiro atoms. The zero-order valence-corrected chi connectivity index (χ0v) is 12.8. The van der Waals surface area contributed by atoms with E-state index in [1.165, 1.54) is 12.8 Å². The first-order chi connectivity index (χ1) is 10.6. The van der Waals surface area contributed by atoms with E-state index >= 15 is 0 Å². The topological polar surface area (TPSA) is 57.6 Å². The van der Waals surface area contributed by atoms with Gasteiger partial charge in [-0.05, 0) is 42.9 Å². The predicted octanol–water partition coefficient (Wildman–Crippen LogP) is 3.28. The summed E-state index contributed by atoms with van der Waals surface area (Å²) in [6, 6.07) is 7.11. The molecule has 22 heavy (non-hydrogen) atoms. The van der Waals surface area contributed by atoms with E-state index in [0.717, 1.165) is 43.8 Å². The van der Waals surface area contributed by atoms with Crippen LogP contribution in [0, 0.1) is 5.92 Å². The van der Waals surface area contributed by atoms with Crippen LogP contribution in [0.4, 0.5) is 0 Å². The fraction of sp³-hybridized carbons (Fsp3) is 0.556. The molecule has 2 fully saturated rings. The summed E-state index contributed by atoms with van der Waals surface area (Å²) < 4.78 is 0. The average molecular weight is 301 g/mol. The lowest BCUT2D eigenvalue weighted by atomic mass is 9.90. The van der Waals surface area contributed by atoms with E-state index in [1.807, 2.05) is 17.0 Å². The first kappa shape index (κ1) is 15.1. The second-order valence-corrected chi connectivity index (χ2v) is 6.59. The molecule has 0 radical (unpaired) electrons. The van der Waals surface area contributed by atoms with Gasteiger partial charge in [-0.1, -0.05) is 25.0 Å². The largest absolute Gasteiger partial charge is 0.478 e. The molecular weight excluding hydrogens is 278 g/mol. The monoisotopic (exact) mass is 301 g/mol. The number of carbonyl (C=O) groups excluding carboxylic acids is 1. The smallest absolute Gasteiger partial charge is 0.335 e. The van der Waals surface area contributed by atoms with Crippen LogP contribution in [-0.4, -0.2) is 35.0 Å². The van der Waals surface area contributed by atoms with Crippen molar-refractivity contribution in [2.75, 3.05) is 13.1 Å². The van der Waals surface area contributed by atoms with Gasteiger partial charge in [-0.15, -0.1) is 0 Å². The summed E-state index contributed by atoms with van der Waals surface area (Å²) >= 11 is 0. The SMILES string of the molecule is O=C(O)c1ccc([C@H]2CCCN(C(=O)CCC3CC3)C2)cc1. The van der Waals surface area contributed by atoms with E-state index < -0.39 is 5.97 Å². The van der Waals surface area contributed by atoms with Crippen molar-refractivity contribution in [1.29, 1.82) is 0 Å². The third-order valence-electron chi connectivity index (χ3n) is 4.87. The van der Waals surface area contributed by atoms with Gasteiger partial charge in [0.15, 0.2) is 0 Å². The number of amides is 1. The highest BCUT2D eigenvalue weighted by Crippen LogP contribution is 2.34. The number of hydrogen-bond donors (Lipinski definition) is 1. The van der Waals surface area contributed by atoms with Crippen molar-refractivity contribution in [3.8, 4) is 0 Å². The Balaban J connectivity index is 1.59. The summed E-state index contributed by atoms with van der Waals surface area (Å²) in [5.74, 6) is 0.528. The minimum Gasteiger partial charge on any atom is -0.478 e. The van der Waals surface area contributed by atoms with Gasteiger partial charge >= 0.3 is 5.97 Å². The van der Waals surface area contributed by atoms with Gasteiger partial charge in [0.1, 0.15) is 0 Å². The van der Waals surface area contributed by atoms with Gasteiger partial charge < -0.3 is 10.0 Å². The molecule has 1 saturated carbocycles. The van der Waals surface area contributed by atoms with Crippen molar-refractivity contribution in [2.45, 2.75) is 44.4 Å². The standard InChI is InChI=1S/C18H23NO3/c20-17(10-5-13-3-4-13)19-11-1-2-16(12-19)14-6-8-15(9-7-14)18(21)22/h6-9,13,16H,1-5,10-12H2,(H,21,22)/t16-/m0/s1. The quantitative estimate of drug-likeness (QED) is 0.908. The van der Waals surface area contributed by atoms with E-state index in [-0.39, 0.29) is 0 Å². The van der Waals surface area contributed by atoms with Gasteiger partial charge in [-0.3, -0.25) is 4.79 Å². The highest BCUT2D eigenvalue weighted by molar-refractivity contribution is 5.87. The van der Waals surface area contributed by atoms with E-state index in [1.54, 1.807) is 12.1 Å². The fourth-order valence-corrected chi connectivity index (χ4v) is 3.27. The van der Waals surface area contributed by atoms with Gasteiger partial charge in [0.05, 0.1) is 5.56 Å². The van der Waals surface area contributed by atoms with Crippen molar-refractivity contribution in [1.82, 2.24) is 4.90 Å². The maximum absolute atomic E-state index is 12.3. The van der Waals surface area contributed by atoms with Gasteiger partial charge in [-0.2, -0.15) is 0 Å². The molecule has 1 atom stereocenters. The van der Waals surface area contributed by atoms with Crippen LogP contribution in [-0.2, 0) is 4.79 Å². The zero-order chi connectivity index (χ0) is 15.5. The van der Waals surface area contributed by atoms with Crippen molar-refractivity contribution in [3.63, 3.8) is 0 Å². The normalized spacial score (nSPS) is 21.6. The van der Waals surface area contributed by atoms with E-state index in [0.29, 0.717) is 23.8 Å². The lowest BCUT2D eigenvalue weighted by Crippen LogP contribution is -2.39. The number of piperidine rings is 1. The molecule has 0 unspecified atom stereocenters. The van der Waals surface area contributed by atoms with Crippen LogP contribution < -0.4 is 0 Å². The first-order valence-corrected chi connectivity index (χ1v) is 8.24. The van der Waals surface area contributed by atoms with Crippen LogP contribution in [0.3, 0.4) is 0 Å². The predicted molar refractivity (Wildman–Crippen MR) is 83.9 cm³/mol. The molecule has 1 amide bonds. The molecule has 118 valence electrons. The Hall–Kier alpha value is -1.84. The third kappa shape index (κ3) is 3.67. The van der Waals surface area contributed by atoms with Gasteiger partial charge in [0, 0.05) is 25.4 Å². The zero-order valence-electron chi connectivity index (χ0n) is 12.8. The molecular formula is C18H23NO3. The van der Waals surface area contributed by atoms with Gasteiger partial charge in [-0.25, -0.2) is 4.79 Å². The van der Waals surface area contributed by atoms with Crippen LogP contribution in [0.2, 0.25) is 0 Å². The number of carbonyl (C=O) groups is 2. The molecule has 0 aromatic heterocycles. The number of likely N-dealkylation sites (tertiary alicyclic amines) is 1. The molecule has 4 heteroatoms. The van der Waals surface area contributed by atoms with Gasteiger partial charge in [0.2, 0.25) is 5.91 Å². The lowest BCUT2D eigenvalue weighted by Gasteiger charge is -2.33. The molecule has 1 N–H and O–H groups in total. The number of benzene rings is 1. The Kier molecular flexibility index (Phi) is 4.46. The van der Waals surface area contributed by atoms with Gasteiger partial charge in [0.25, 0.3) is 0 Å². The number of hydrogen-bond acceptors (Lipinski definition) is 2. The summed E-state index contributed by atoms with van der Waals surface area (Å²) in [4.78, 5) is 25.2. The highest BCUT2D eigenvalue weighted by Gasteiger charge is 2.27. The van der Waals surface area contributed by atoms with Crippen LogP contribution in [0.25, 0.3) is 0 Å². The number of nitrogens with zero attached hydrogens (tertiary/aromatic N) is 1. The van der Waals surface area contributed by atoms with Crippen LogP contribution >= 0.6 is 0 Å².